The molecule has 0 fully saturated rings. The van der Waals surface area contributed by atoms with Gasteiger partial charge in [-0.3, -0.25) is 9.59 Å². The molecule has 5 heteroatoms. The van der Waals surface area contributed by atoms with Gasteiger partial charge in [-0.15, -0.1) is 0 Å². The van der Waals surface area contributed by atoms with Crippen molar-refractivity contribution in [2.24, 2.45) is 5.92 Å². The molecule has 102 valence electrons. The summed E-state index contributed by atoms with van der Waals surface area (Å²) in [4.78, 5) is 22.0. The zero-order chi connectivity index (χ0) is 14.3. The first-order chi connectivity index (χ1) is 8.99. The van der Waals surface area contributed by atoms with Gasteiger partial charge in [0.05, 0.1) is 0 Å². The standard InChI is InChI=1S/C14H16BrNO3/c1-10(8-14(18)19)9-16-13(17)7-6-11-4-2-3-5-12(11)15/h2-7,10H,8-9H2,1H3,(H,16,17)(H,18,19)/b7-6+. The van der Waals surface area contributed by atoms with Crippen LogP contribution in [0.15, 0.2) is 34.8 Å². The van der Waals surface area contributed by atoms with E-state index in [0.717, 1.165) is 10.0 Å². The predicted octanol–water partition coefficient (Wildman–Crippen LogP) is 2.69. The number of nitrogens with one attached hydrogen (secondary N) is 1. The van der Waals surface area contributed by atoms with Gasteiger partial charge in [0.15, 0.2) is 0 Å². The number of carbonyl (C=O) groups excluding carboxylic acids is 1. The molecule has 0 heterocycles. The first-order valence-electron chi connectivity index (χ1n) is 5.91. The first kappa shape index (κ1) is 15.4. The van der Waals surface area contributed by atoms with Crippen LogP contribution in [0.5, 0.6) is 0 Å². The average Bonchev–Trinajstić information content (AvgIpc) is 2.34. The van der Waals surface area contributed by atoms with E-state index >= 15 is 0 Å². The Labute approximate surface area is 120 Å². The van der Waals surface area contributed by atoms with E-state index in [2.05, 4.69) is 21.2 Å². The van der Waals surface area contributed by atoms with E-state index in [1.807, 2.05) is 24.3 Å². The van der Waals surface area contributed by atoms with Gasteiger partial charge in [0.1, 0.15) is 0 Å². The van der Waals surface area contributed by atoms with Gasteiger partial charge in [0.2, 0.25) is 5.91 Å². The summed E-state index contributed by atoms with van der Waals surface area (Å²) >= 11 is 3.39. The monoisotopic (exact) mass is 325 g/mol. The van der Waals surface area contributed by atoms with Crippen molar-refractivity contribution in [3.05, 3.63) is 40.4 Å². The minimum atomic E-state index is -0.856. The Morgan fingerprint density at radius 2 is 2.11 bits per heavy atom. The van der Waals surface area contributed by atoms with Crippen LogP contribution in [0.25, 0.3) is 6.08 Å². The van der Waals surface area contributed by atoms with Gasteiger partial charge in [-0.2, -0.15) is 0 Å². The lowest BCUT2D eigenvalue weighted by Gasteiger charge is -2.08. The number of hydrogen-bond donors (Lipinski definition) is 2. The number of carbonyl (C=O) groups is 2. The zero-order valence-corrected chi connectivity index (χ0v) is 12.2. The summed E-state index contributed by atoms with van der Waals surface area (Å²) in [5, 5.41) is 11.3. The van der Waals surface area contributed by atoms with Crippen molar-refractivity contribution >= 4 is 33.9 Å². The van der Waals surface area contributed by atoms with Crippen molar-refractivity contribution in [1.82, 2.24) is 5.32 Å². The highest BCUT2D eigenvalue weighted by molar-refractivity contribution is 9.10. The summed E-state index contributed by atoms with van der Waals surface area (Å²) in [6, 6.07) is 7.57. The molecular weight excluding hydrogens is 310 g/mol. The Hall–Kier alpha value is -1.62. The van der Waals surface area contributed by atoms with E-state index in [9.17, 15) is 9.59 Å². The highest BCUT2D eigenvalue weighted by Gasteiger charge is 2.08. The number of carboxylic acids is 1. The molecule has 1 unspecified atom stereocenters. The molecule has 0 saturated heterocycles. The van der Waals surface area contributed by atoms with Gasteiger partial charge in [-0.1, -0.05) is 41.1 Å². The highest BCUT2D eigenvalue weighted by Crippen LogP contribution is 2.16. The number of rotatable bonds is 6. The van der Waals surface area contributed by atoms with Crippen LogP contribution < -0.4 is 5.32 Å². The minimum absolute atomic E-state index is 0.0498. The lowest BCUT2D eigenvalue weighted by Crippen LogP contribution is -2.27. The number of aliphatic carboxylic acids is 1. The second-order valence-electron chi connectivity index (χ2n) is 4.30. The molecule has 4 nitrogen and oxygen atoms in total. The highest BCUT2D eigenvalue weighted by atomic mass is 79.9. The van der Waals surface area contributed by atoms with E-state index in [1.165, 1.54) is 6.08 Å². The smallest absolute Gasteiger partial charge is 0.303 e. The predicted molar refractivity (Wildman–Crippen MR) is 77.6 cm³/mol. The molecular formula is C14H16BrNO3. The van der Waals surface area contributed by atoms with Crippen LogP contribution >= 0.6 is 15.9 Å². The van der Waals surface area contributed by atoms with Crippen molar-refractivity contribution in [2.75, 3.05) is 6.54 Å². The normalized spacial score (nSPS) is 12.3. The average molecular weight is 326 g/mol. The number of halogens is 1. The van der Waals surface area contributed by atoms with Crippen molar-refractivity contribution in [1.29, 1.82) is 0 Å². The summed E-state index contributed by atoms with van der Waals surface area (Å²) in [5.74, 6) is -1.17. The molecule has 1 atom stereocenters. The molecule has 2 N–H and O–H groups in total. The third-order valence-electron chi connectivity index (χ3n) is 2.47. The van der Waals surface area contributed by atoms with Crippen LogP contribution in [-0.4, -0.2) is 23.5 Å². The summed E-state index contributed by atoms with van der Waals surface area (Å²) in [7, 11) is 0. The summed E-state index contributed by atoms with van der Waals surface area (Å²) in [6.45, 7) is 2.14. The Morgan fingerprint density at radius 1 is 1.42 bits per heavy atom. The van der Waals surface area contributed by atoms with Crippen molar-refractivity contribution in [3.63, 3.8) is 0 Å². The second-order valence-corrected chi connectivity index (χ2v) is 5.16. The number of hydrogen-bond acceptors (Lipinski definition) is 2. The zero-order valence-electron chi connectivity index (χ0n) is 10.6. The van der Waals surface area contributed by atoms with E-state index in [4.69, 9.17) is 5.11 Å². The lowest BCUT2D eigenvalue weighted by molar-refractivity contribution is -0.138. The molecule has 1 aromatic carbocycles. The molecule has 0 spiro atoms. The molecule has 0 aliphatic rings. The SMILES string of the molecule is CC(CNC(=O)/C=C/c1ccccc1Br)CC(=O)O. The van der Waals surface area contributed by atoms with Crippen LogP contribution in [0, 0.1) is 5.92 Å². The van der Waals surface area contributed by atoms with E-state index in [-0.39, 0.29) is 18.2 Å². The van der Waals surface area contributed by atoms with Crippen LogP contribution in [0.4, 0.5) is 0 Å². The van der Waals surface area contributed by atoms with Gasteiger partial charge in [0.25, 0.3) is 0 Å². The second kappa shape index (κ2) is 7.74. The maximum absolute atomic E-state index is 11.6. The number of amides is 1. The van der Waals surface area contributed by atoms with Gasteiger partial charge in [0, 0.05) is 23.5 Å². The van der Waals surface area contributed by atoms with E-state index < -0.39 is 5.97 Å². The van der Waals surface area contributed by atoms with E-state index in [1.54, 1.807) is 13.0 Å². The molecule has 0 radical (unpaired) electrons. The molecule has 1 amide bonds. The lowest BCUT2D eigenvalue weighted by atomic mass is 10.1. The van der Waals surface area contributed by atoms with Gasteiger partial charge in [-0.05, 0) is 23.6 Å². The topological polar surface area (TPSA) is 66.4 Å². The van der Waals surface area contributed by atoms with Crippen LogP contribution in [0.3, 0.4) is 0 Å². The van der Waals surface area contributed by atoms with E-state index in [0.29, 0.717) is 6.54 Å². The maximum Gasteiger partial charge on any atom is 0.303 e. The minimum Gasteiger partial charge on any atom is -0.481 e. The quantitative estimate of drug-likeness (QED) is 0.790. The molecule has 0 bridgehead atoms. The van der Waals surface area contributed by atoms with Crippen LogP contribution in [0.2, 0.25) is 0 Å². The number of benzene rings is 1. The Kier molecular flexibility index (Phi) is 6.29. The fourth-order valence-electron chi connectivity index (χ4n) is 1.48. The fraction of sp³-hybridized carbons (Fsp3) is 0.286. The Bertz CT molecular complexity index is 485. The molecule has 0 saturated carbocycles. The van der Waals surface area contributed by atoms with Gasteiger partial charge >= 0.3 is 5.97 Å². The Morgan fingerprint density at radius 3 is 2.74 bits per heavy atom. The molecule has 1 aromatic rings. The maximum atomic E-state index is 11.6. The van der Waals surface area contributed by atoms with Crippen molar-refractivity contribution in [2.45, 2.75) is 13.3 Å². The number of carboxylic acid groups (broad SMARTS) is 1. The van der Waals surface area contributed by atoms with Crippen molar-refractivity contribution < 1.29 is 14.7 Å². The third kappa shape index (κ3) is 6.20. The molecule has 0 aromatic heterocycles. The van der Waals surface area contributed by atoms with Gasteiger partial charge < -0.3 is 10.4 Å². The summed E-state index contributed by atoms with van der Waals surface area (Å²) < 4.78 is 0.915. The molecule has 19 heavy (non-hydrogen) atoms. The summed E-state index contributed by atoms with van der Waals surface area (Å²) in [6.07, 6.45) is 3.20. The van der Waals surface area contributed by atoms with Crippen LogP contribution in [-0.2, 0) is 9.59 Å². The fourth-order valence-corrected chi connectivity index (χ4v) is 1.90. The Balaban J connectivity index is 2.43. The van der Waals surface area contributed by atoms with Crippen LogP contribution in [0.1, 0.15) is 18.9 Å². The summed E-state index contributed by atoms with van der Waals surface area (Å²) in [5.41, 5.74) is 0.913. The van der Waals surface area contributed by atoms with Gasteiger partial charge in [-0.25, -0.2) is 0 Å². The molecule has 0 aliphatic carbocycles. The largest absolute Gasteiger partial charge is 0.481 e. The first-order valence-corrected chi connectivity index (χ1v) is 6.70. The third-order valence-corrected chi connectivity index (χ3v) is 3.19. The molecule has 0 aliphatic heterocycles. The van der Waals surface area contributed by atoms with Crippen molar-refractivity contribution in [3.8, 4) is 0 Å². The molecule has 1 rings (SSSR count).